The van der Waals surface area contributed by atoms with Gasteiger partial charge in [-0.3, -0.25) is 4.79 Å². The fraction of sp³-hybridized carbons (Fsp3) is 0.200. The molecule has 5 nitrogen and oxygen atoms in total. The lowest BCUT2D eigenvalue weighted by atomic mass is 10.1. The van der Waals surface area contributed by atoms with Crippen LogP contribution in [0.5, 0.6) is 5.75 Å². The predicted molar refractivity (Wildman–Crippen MR) is 117 cm³/mol. The summed E-state index contributed by atoms with van der Waals surface area (Å²) in [5, 5.41) is 0.457. The quantitative estimate of drug-likeness (QED) is 0.440. The molecule has 1 fully saturated rings. The SMILES string of the molecule is COc1ccc(Br)cc1[C@@H]1SCCN1C(=O)c1cc2cc(Br)ccc2oc1=O. The maximum Gasteiger partial charge on any atom is 0.349 e. The smallest absolute Gasteiger partial charge is 0.349 e. The second-order valence-corrected chi connectivity index (χ2v) is 9.26. The van der Waals surface area contributed by atoms with Crippen molar-refractivity contribution in [2.24, 2.45) is 0 Å². The molecule has 28 heavy (non-hydrogen) atoms. The van der Waals surface area contributed by atoms with Crippen LogP contribution >= 0.6 is 43.6 Å². The molecule has 0 radical (unpaired) electrons. The van der Waals surface area contributed by atoms with Gasteiger partial charge in [0, 0.05) is 32.2 Å². The number of benzene rings is 2. The van der Waals surface area contributed by atoms with Crippen LogP contribution in [0.3, 0.4) is 0 Å². The molecule has 1 aliphatic rings. The Bertz CT molecular complexity index is 1130. The number of methoxy groups -OCH3 is 1. The van der Waals surface area contributed by atoms with Crippen molar-refractivity contribution < 1.29 is 13.9 Å². The fourth-order valence-electron chi connectivity index (χ4n) is 3.23. The van der Waals surface area contributed by atoms with Crippen LogP contribution in [0.4, 0.5) is 0 Å². The van der Waals surface area contributed by atoms with Gasteiger partial charge in [-0.05, 0) is 42.5 Å². The zero-order valence-corrected chi connectivity index (χ0v) is 18.8. The molecule has 0 saturated carbocycles. The zero-order chi connectivity index (χ0) is 19.8. The first-order valence-electron chi connectivity index (χ1n) is 8.47. The number of thioether (sulfide) groups is 1. The molecule has 0 spiro atoms. The monoisotopic (exact) mass is 523 g/mol. The molecule has 0 N–H and O–H groups in total. The van der Waals surface area contributed by atoms with Gasteiger partial charge in [0.15, 0.2) is 0 Å². The van der Waals surface area contributed by atoms with Gasteiger partial charge in [0.2, 0.25) is 0 Å². The van der Waals surface area contributed by atoms with E-state index in [-0.39, 0.29) is 16.8 Å². The third kappa shape index (κ3) is 3.60. The predicted octanol–water partition coefficient (Wildman–Crippen LogP) is 5.21. The van der Waals surface area contributed by atoms with Gasteiger partial charge < -0.3 is 14.1 Å². The molecule has 4 rings (SSSR count). The van der Waals surface area contributed by atoms with Gasteiger partial charge in [0.1, 0.15) is 22.3 Å². The highest BCUT2D eigenvalue weighted by Gasteiger charge is 2.34. The zero-order valence-electron chi connectivity index (χ0n) is 14.8. The van der Waals surface area contributed by atoms with Gasteiger partial charge in [-0.1, -0.05) is 31.9 Å². The molecule has 1 atom stereocenters. The second-order valence-electron chi connectivity index (χ2n) is 6.24. The molecular formula is C20H15Br2NO4S. The van der Waals surface area contributed by atoms with Gasteiger partial charge in [-0.2, -0.15) is 0 Å². The van der Waals surface area contributed by atoms with E-state index in [2.05, 4.69) is 31.9 Å². The number of carbonyl (C=O) groups is 1. The normalized spacial score (nSPS) is 16.5. The molecular weight excluding hydrogens is 510 g/mol. The molecule has 3 aromatic rings. The summed E-state index contributed by atoms with van der Waals surface area (Å²) >= 11 is 8.53. The van der Waals surface area contributed by atoms with E-state index >= 15 is 0 Å². The van der Waals surface area contributed by atoms with Crippen molar-refractivity contribution in [2.45, 2.75) is 5.37 Å². The number of halogens is 2. The number of fused-ring (bicyclic) bond motifs is 1. The molecule has 0 bridgehead atoms. The van der Waals surface area contributed by atoms with E-state index in [0.717, 1.165) is 20.3 Å². The highest BCUT2D eigenvalue weighted by molar-refractivity contribution is 9.10. The Balaban J connectivity index is 1.75. The summed E-state index contributed by atoms with van der Waals surface area (Å²) in [6.45, 7) is 0.541. The summed E-state index contributed by atoms with van der Waals surface area (Å²) in [5.41, 5.74) is 0.746. The first-order chi connectivity index (χ1) is 13.5. The highest BCUT2D eigenvalue weighted by Crippen LogP contribution is 2.43. The first kappa shape index (κ1) is 19.5. The molecule has 2 heterocycles. The lowest BCUT2D eigenvalue weighted by Crippen LogP contribution is -2.33. The Morgan fingerprint density at radius 2 is 1.93 bits per heavy atom. The Labute approximate surface area is 182 Å². The lowest BCUT2D eigenvalue weighted by Gasteiger charge is -2.25. The molecule has 1 aromatic heterocycles. The third-order valence-electron chi connectivity index (χ3n) is 4.53. The molecule has 1 saturated heterocycles. The number of nitrogens with zero attached hydrogens (tertiary/aromatic N) is 1. The van der Waals surface area contributed by atoms with E-state index in [1.54, 1.807) is 42.0 Å². The van der Waals surface area contributed by atoms with Crippen molar-refractivity contribution in [2.75, 3.05) is 19.4 Å². The van der Waals surface area contributed by atoms with Crippen molar-refractivity contribution in [1.29, 1.82) is 0 Å². The maximum absolute atomic E-state index is 13.3. The van der Waals surface area contributed by atoms with Crippen LogP contribution in [0.1, 0.15) is 21.3 Å². The second kappa shape index (κ2) is 7.93. The van der Waals surface area contributed by atoms with Crippen LogP contribution in [0, 0.1) is 0 Å². The molecule has 1 aliphatic heterocycles. The minimum Gasteiger partial charge on any atom is -0.496 e. The average Bonchev–Trinajstić information content (AvgIpc) is 3.17. The Morgan fingerprint density at radius 3 is 2.71 bits per heavy atom. The van der Waals surface area contributed by atoms with Gasteiger partial charge in [0.25, 0.3) is 5.91 Å². The molecule has 0 aliphatic carbocycles. The van der Waals surface area contributed by atoms with E-state index in [9.17, 15) is 9.59 Å². The molecule has 8 heteroatoms. The third-order valence-corrected chi connectivity index (χ3v) is 6.76. The summed E-state index contributed by atoms with van der Waals surface area (Å²) in [7, 11) is 1.61. The van der Waals surface area contributed by atoms with Crippen molar-refractivity contribution in [3.05, 3.63) is 73.0 Å². The van der Waals surface area contributed by atoms with Crippen LogP contribution in [0.2, 0.25) is 0 Å². The number of rotatable bonds is 3. The Morgan fingerprint density at radius 1 is 1.18 bits per heavy atom. The van der Waals surface area contributed by atoms with E-state index in [1.165, 1.54) is 0 Å². The number of hydrogen-bond donors (Lipinski definition) is 0. The van der Waals surface area contributed by atoms with Gasteiger partial charge in [-0.25, -0.2) is 4.79 Å². The Hall–Kier alpha value is -1.77. The first-order valence-corrected chi connectivity index (χ1v) is 11.1. The largest absolute Gasteiger partial charge is 0.496 e. The van der Waals surface area contributed by atoms with Gasteiger partial charge in [0.05, 0.1) is 7.11 Å². The van der Waals surface area contributed by atoms with Crippen molar-refractivity contribution in [3.8, 4) is 5.75 Å². The number of carbonyl (C=O) groups excluding carboxylic acids is 1. The fourth-order valence-corrected chi connectivity index (χ4v) is 5.26. The van der Waals surface area contributed by atoms with Crippen LogP contribution in [-0.2, 0) is 0 Å². The summed E-state index contributed by atoms with van der Waals surface area (Å²) in [6.07, 6.45) is 0. The highest BCUT2D eigenvalue weighted by atomic mass is 79.9. The van der Waals surface area contributed by atoms with Crippen molar-refractivity contribution >= 4 is 60.5 Å². The van der Waals surface area contributed by atoms with Crippen molar-refractivity contribution in [1.82, 2.24) is 4.90 Å². The average molecular weight is 525 g/mol. The van der Waals surface area contributed by atoms with Crippen LogP contribution in [-0.4, -0.2) is 30.2 Å². The number of hydrogen-bond acceptors (Lipinski definition) is 5. The molecule has 0 unspecified atom stereocenters. The van der Waals surface area contributed by atoms with Crippen LogP contribution in [0.15, 0.2) is 60.6 Å². The summed E-state index contributed by atoms with van der Waals surface area (Å²) in [5.74, 6) is 1.14. The van der Waals surface area contributed by atoms with Gasteiger partial charge >= 0.3 is 5.63 Å². The summed E-state index contributed by atoms with van der Waals surface area (Å²) in [4.78, 5) is 27.4. The Kier molecular flexibility index (Phi) is 5.53. The van der Waals surface area contributed by atoms with E-state index < -0.39 is 5.63 Å². The van der Waals surface area contributed by atoms with E-state index in [1.807, 2.05) is 24.3 Å². The molecule has 144 valence electrons. The number of ether oxygens (including phenoxy) is 1. The van der Waals surface area contributed by atoms with Crippen LogP contribution < -0.4 is 10.4 Å². The van der Waals surface area contributed by atoms with E-state index in [4.69, 9.17) is 9.15 Å². The standard InChI is InChI=1S/C20H15Br2NO4S/c1-26-17-5-3-13(22)10-14(17)19-23(6-7-28-19)18(24)15-9-11-8-12(21)2-4-16(11)27-20(15)25/h2-5,8-10,19H,6-7H2,1H3/t19-/m0/s1. The summed E-state index contributed by atoms with van der Waals surface area (Å²) < 4.78 is 12.6. The van der Waals surface area contributed by atoms with Gasteiger partial charge in [-0.15, -0.1) is 11.8 Å². The van der Waals surface area contributed by atoms with Crippen molar-refractivity contribution in [3.63, 3.8) is 0 Å². The number of amides is 1. The molecule has 2 aromatic carbocycles. The topological polar surface area (TPSA) is 59.8 Å². The van der Waals surface area contributed by atoms with E-state index in [0.29, 0.717) is 23.3 Å². The maximum atomic E-state index is 13.3. The minimum atomic E-state index is -0.628. The molecule has 1 amide bonds. The minimum absolute atomic E-state index is 0.0343. The summed E-state index contributed by atoms with van der Waals surface area (Å²) in [6, 6.07) is 12.6. The lowest BCUT2D eigenvalue weighted by molar-refractivity contribution is 0.0755. The van der Waals surface area contributed by atoms with Crippen LogP contribution in [0.25, 0.3) is 11.0 Å².